The van der Waals surface area contributed by atoms with Gasteiger partial charge in [-0.2, -0.15) is 0 Å². The molecule has 4 nitrogen and oxygen atoms in total. The van der Waals surface area contributed by atoms with E-state index in [0.29, 0.717) is 5.62 Å². The van der Waals surface area contributed by atoms with Crippen molar-refractivity contribution in [3.8, 4) is 0 Å². The SMILES string of the molecule is CCCn1c(=N)n(CC(=O)C(C)(C)C)c2ccccc21.[Br-]. The topological polar surface area (TPSA) is 50.8 Å². The number of rotatable bonds is 4. The summed E-state index contributed by atoms with van der Waals surface area (Å²) in [7, 11) is 0. The molecule has 2 aromatic rings. The Labute approximate surface area is 136 Å². The fourth-order valence-corrected chi connectivity index (χ4v) is 2.29. The van der Waals surface area contributed by atoms with E-state index in [4.69, 9.17) is 5.41 Å². The van der Waals surface area contributed by atoms with E-state index in [0.717, 1.165) is 24.0 Å². The second-order valence-corrected chi connectivity index (χ2v) is 6.22. The van der Waals surface area contributed by atoms with Crippen LogP contribution in [0.1, 0.15) is 34.1 Å². The summed E-state index contributed by atoms with van der Waals surface area (Å²) in [6, 6.07) is 7.93. The lowest BCUT2D eigenvalue weighted by Crippen LogP contribution is -3.00. The first-order valence-electron chi connectivity index (χ1n) is 7.12. The maximum atomic E-state index is 12.3. The molecule has 0 aliphatic carbocycles. The molecule has 0 bridgehead atoms. The zero-order chi connectivity index (χ0) is 14.9. The number of benzene rings is 1. The molecular weight excluding hydrogens is 330 g/mol. The van der Waals surface area contributed by atoms with E-state index < -0.39 is 0 Å². The van der Waals surface area contributed by atoms with Gasteiger partial charge in [-0.05, 0) is 18.6 Å². The van der Waals surface area contributed by atoms with Crippen LogP contribution < -0.4 is 22.6 Å². The van der Waals surface area contributed by atoms with Gasteiger partial charge in [-0.15, -0.1) is 0 Å². The highest BCUT2D eigenvalue weighted by Gasteiger charge is 2.23. The van der Waals surface area contributed by atoms with Gasteiger partial charge < -0.3 is 26.1 Å². The van der Waals surface area contributed by atoms with Gasteiger partial charge in [0, 0.05) is 12.0 Å². The number of aromatic nitrogens is 2. The molecule has 0 radical (unpaired) electrons. The van der Waals surface area contributed by atoms with Crippen LogP contribution in [0.25, 0.3) is 11.0 Å². The zero-order valence-corrected chi connectivity index (χ0v) is 14.7. The molecule has 5 heteroatoms. The minimum atomic E-state index is -0.382. The Bertz CT molecular complexity index is 692. The molecule has 0 spiro atoms. The van der Waals surface area contributed by atoms with Crippen molar-refractivity contribution in [1.29, 1.82) is 5.41 Å². The molecule has 0 aliphatic heterocycles. The van der Waals surface area contributed by atoms with Crippen LogP contribution in [0.5, 0.6) is 0 Å². The van der Waals surface area contributed by atoms with E-state index in [9.17, 15) is 4.79 Å². The molecule has 0 aliphatic rings. The Kier molecular flexibility index (Phi) is 5.56. The van der Waals surface area contributed by atoms with E-state index in [1.54, 1.807) is 0 Å². The van der Waals surface area contributed by atoms with Crippen LogP contribution >= 0.6 is 0 Å². The van der Waals surface area contributed by atoms with Gasteiger partial charge in [-0.3, -0.25) is 10.2 Å². The highest BCUT2D eigenvalue weighted by atomic mass is 79.9. The van der Waals surface area contributed by atoms with Crippen molar-refractivity contribution < 1.29 is 21.8 Å². The first kappa shape index (κ1) is 17.7. The molecule has 2 rings (SSSR count). The Hall–Kier alpha value is -1.36. The Morgan fingerprint density at radius 2 is 1.67 bits per heavy atom. The van der Waals surface area contributed by atoms with Gasteiger partial charge in [0.2, 0.25) is 5.62 Å². The first-order valence-corrected chi connectivity index (χ1v) is 7.12. The maximum absolute atomic E-state index is 12.3. The van der Waals surface area contributed by atoms with Gasteiger partial charge in [-0.1, -0.05) is 39.8 Å². The number of Topliss-reactive ketones (excluding diaryl/α,β-unsaturated/α-hetero) is 1. The van der Waals surface area contributed by atoms with E-state index in [2.05, 4.69) is 6.92 Å². The van der Waals surface area contributed by atoms with Crippen molar-refractivity contribution in [3.63, 3.8) is 0 Å². The van der Waals surface area contributed by atoms with Gasteiger partial charge in [0.15, 0.2) is 5.78 Å². The van der Waals surface area contributed by atoms with E-state index in [1.165, 1.54) is 0 Å². The normalized spacial score (nSPS) is 11.4. The molecule has 0 amide bonds. The molecule has 0 saturated heterocycles. The Morgan fingerprint density at radius 1 is 1.14 bits per heavy atom. The Morgan fingerprint density at radius 3 is 2.14 bits per heavy atom. The van der Waals surface area contributed by atoms with Crippen molar-refractivity contribution in [3.05, 3.63) is 29.9 Å². The summed E-state index contributed by atoms with van der Waals surface area (Å²) < 4.78 is 3.80. The molecule has 0 saturated carbocycles. The van der Waals surface area contributed by atoms with Gasteiger partial charge in [-0.25, -0.2) is 0 Å². The van der Waals surface area contributed by atoms with Crippen molar-refractivity contribution >= 4 is 16.8 Å². The fourth-order valence-electron chi connectivity index (χ4n) is 2.29. The second-order valence-electron chi connectivity index (χ2n) is 6.22. The van der Waals surface area contributed by atoms with Crippen LogP contribution in [-0.4, -0.2) is 14.9 Å². The third kappa shape index (κ3) is 3.46. The Balaban J connectivity index is 0.00000220. The third-order valence-corrected chi connectivity index (χ3v) is 3.56. The summed E-state index contributed by atoms with van der Waals surface area (Å²) >= 11 is 0. The largest absolute Gasteiger partial charge is 1.00 e. The van der Waals surface area contributed by atoms with E-state index >= 15 is 0 Å². The van der Waals surface area contributed by atoms with Crippen molar-refractivity contribution in [2.24, 2.45) is 5.41 Å². The van der Waals surface area contributed by atoms with Gasteiger partial charge >= 0.3 is 0 Å². The molecule has 1 heterocycles. The minimum absolute atomic E-state index is 0. The molecule has 21 heavy (non-hydrogen) atoms. The first-order chi connectivity index (χ1) is 9.36. The van der Waals surface area contributed by atoms with Gasteiger partial charge in [0.1, 0.15) is 0 Å². The summed E-state index contributed by atoms with van der Waals surface area (Å²) in [5, 5.41) is 8.35. The van der Waals surface area contributed by atoms with Crippen molar-refractivity contribution in [2.75, 3.05) is 0 Å². The summed E-state index contributed by atoms with van der Waals surface area (Å²) in [5.74, 6) is 0.149. The van der Waals surface area contributed by atoms with Crippen LogP contribution in [0.2, 0.25) is 0 Å². The van der Waals surface area contributed by atoms with Crippen molar-refractivity contribution in [1.82, 2.24) is 9.13 Å². The number of carbonyl (C=O) groups is 1. The third-order valence-electron chi connectivity index (χ3n) is 3.56. The monoisotopic (exact) mass is 352 g/mol. The summed E-state index contributed by atoms with van der Waals surface area (Å²) in [5.41, 5.74) is 2.02. The highest BCUT2D eigenvalue weighted by molar-refractivity contribution is 5.85. The number of carbonyl (C=O) groups excluding carboxylic acids is 1. The number of ketones is 1. The average Bonchev–Trinajstić information content (AvgIpc) is 2.64. The number of imidazole rings is 1. The standard InChI is InChI=1S/C16H23N3O.BrH/c1-5-10-18-12-8-6-7-9-13(12)19(15(18)17)11-14(20)16(2,3)4;/h6-9,17H,5,10-11H2,1-4H3;1H/p-1. The summed E-state index contributed by atoms with van der Waals surface area (Å²) in [6.07, 6.45) is 0.970. The molecule has 1 aromatic carbocycles. The molecule has 0 fully saturated rings. The average molecular weight is 353 g/mol. The van der Waals surface area contributed by atoms with Gasteiger partial charge in [0.05, 0.1) is 17.6 Å². The minimum Gasteiger partial charge on any atom is -1.00 e. The van der Waals surface area contributed by atoms with Crippen LogP contribution in [0.3, 0.4) is 0 Å². The smallest absolute Gasteiger partial charge is 0.203 e. The second kappa shape index (κ2) is 6.60. The van der Waals surface area contributed by atoms with Crippen molar-refractivity contribution in [2.45, 2.75) is 47.2 Å². The van der Waals surface area contributed by atoms with E-state index in [1.807, 2.05) is 54.2 Å². The predicted molar refractivity (Wildman–Crippen MR) is 80.5 cm³/mol. The number of hydrogen-bond donors (Lipinski definition) is 1. The summed E-state index contributed by atoms with van der Waals surface area (Å²) in [4.78, 5) is 12.3. The highest BCUT2D eigenvalue weighted by Crippen LogP contribution is 2.18. The number of para-hydroxylation sites is 2. The molecule has 1 N–H and O–H groups in total. The van der Waals surface area contributed by atoms with E-state index in [-0.39, 0.29) is 34.7 Å². The number of nitrogens with one attached hydrogen (secondary N) is 1. The zero-order valence-electron chi connectivity index (χ0n) is 13.1. The number of hydrogen-bond acceptors (Lipinski definition) is 2. The molecule has 0 atom stereocenters. The molecule has 116 valence electrons. The molecular formula is C16H23BrN3O-. The lowest BCUT2D eigenvalue weighted by molar-refractivity contribution is -0.126. The fraction of sp³-hybridized carbons (Fsp3) is 0.500. The maximum Gasteiger partial charge on any atom is 0.203 e. The molecule has 1 aromatic heterocycles. The van der Waals surface area contributed by atoms with Gasteiger partial charge in [0.25, 0.3) is 0 Å². The predicted octanol–water partition coefficient (Wildman–Crippen LogP) is -0.0485. The number of halogens is 1. The number of aryl methyl sites for hydroxylation is 1. The van der Waals surface area contributed by atoms with Crippen LogP contribution in [0.15, 0.2) is 24.3 Å². The van der Waals surface area contributed by atoms with Crippen LogP contribution in [0.4, 0.5) is 0 Å². The number of fused-ring (bicyclic) bond motifs is 1. The van der Waals surface area contributed by atoms with Crippen LogP contribution in [0, 0.1) is 10.8 Å². The van der Waals surface area contributed by atoms with Crippen LogP contribution in [-0.2, 0) is 17.9 Å². The lowest BCUT2D eigenvalue weighted by atomic mass is 9.91. The summed E-state index contributed by atoms with van der Waals surface area (Å²) in [6.45, 7) is 8.93. The number of nitrogens with zero attached hydrogens (tertiary/aromatic N) is 2. The quantitative estimate of drug-likeness (QED) is 0.824. The lowest BCUT2D eigenvalue weighted by Gasteiger charge is -2.17. The molecule has 0 unspecified atom stereocenters.